The van der Waals surface area contributed by atoms with Crippen molar-refractivity contribution in [1.29, 1.82) is 0 Å². The third kappa shape index (κ3) is 3.12. The molecule has 0 radical (unpaired) electrons. The lowest BCUT2D eigenvalue weighted by Crippen LogP contribution is -2.06. The molecule has 4 nitrogen and oxygen atoms in total. The van der Waals surface area contributed by atoms with E-state index in [0.717, 1.165) is 16.9 Å². The van der Waals surface area contributed by atoms with Crippen LogP contribution in [0.15, 0.2) is 60.9 Å². The van der Waals surface area contributed by atoms with Gasteiger partial charge in [0.25, 0.3) is 0 Å². The topological polar surface area (TPSA) is 41.9 Å². The van der Waals surface area contributed by atoms with Gasteiger partial charge in [-0.1, -0.05) is 29.8 Å². The zero-order chi connectivity index (χ0) is 14.7. The van der Waals surface area contributed by atoms with Crippen LogP contribution in [0.1, 0.15) is 0 Å². The fourth-order valence-electron chi connectivity index (χ4n) is 1.84. The summed E-state index contributed by atoms with van der Waals surface area (Å²) < 4.78 is 1.41. The smallest absolute Gasteiger partial charge is 0.245 e. The van der Waals surface area contributed by atoms with Gasteiger partial charge in [-0.15, -0.1) is 0 Å². The highest BCUT2D eigenvalue weighted by Crippen LogP contribution is 2.26. The number of pyridine rings is 1. The fraction of sp³-hybridized carbons (Fsp3) is 0. The van der Waals surface area contributed by atoms with Crippen molar-refractivity contribution >= 4 is 35.0 Å². The van der Waals surface area contributed by atoms with Crippen molar-refractivity contribution in [2.75, 3.05) is 4.42 Å². The van der Waals surface area contributed by atoms with Gasteiger partial charge in [0.15, 0.2) is 0 Å². The van der Waals surface area contributed by atoms with Crippen LogP contribution in [0.2, 0.25) is 5.15 Å². The van der Waals surface area contributed by atoms with E-state index in [1.807, 2.05) is 36.4 Å². The summed E-state index contributed by atoms with van der Waals surface area (Å²) in [5.41, 5.74) is 2.38. The Kier molecular flexibility index (Phi) is 3.99. The highest BCUT2D eigenvalue weighted by atomic mass is 35.5. The molecule has 0 amide bonds. The maximum atomic E-state index is 6.29. The van der Waals surface area contributed by atoms with Crippen LogP contribution in [0.4, 0.5) is 11.6 Å². The van der Waals surface area contributed by atoms with Crippen molar-refractivity contribution in [3.8, 4) is 11.3 Å². The first kappa shape index (κ1) is 13.8. The molecule has 0 saturated carbocycles. The molecule has 104 valence electrons. The number of nitrogens with zero attached hydrogens (tertiary/aromatic N) is 4. The number of hydrogen-bond acceptors (Lipinski definition) is 4. The van der Waals surface area contributed by atoms with Crippen molar-refractivity contribution < 1.29 is 0 Å². The second-order valence-electron chi connectivity index (χ2n) is 4.23. The van der Waals surface area contributed by atoms with Gasteiger partial charge in [0, 0.05) is 29.7 Å². The summed E-state index contributed by atoms with van der Waals surface area (Å²) >= 11 is 12.2. The van der Waals surface area contributed by atoms with Gasteiger partial charge in [-0.05, 0) is 30.3 Å². The molecule has 0 fully saturated rings. The van der Waals surface area contributed by atoms with Gasteiger partial charge in [-0.25, -0.2) is 19.4 Å². The zero-order valence-electron chi connectivity index (χ0n) is 10.8. The number of para-hydroxylation sites is 1. The molecule has 6 heteroatoms. The average Bonchev–Trinajstić information content (AvgIpc) is 2.55. The van der Waals surface area contributed by atoms with E-state index in [0.29, 0.717) is 11.1 Å². The van der Waals surface area contributed by atoms with Crippen LogP contribution in [0.25, 0.3) is 11.3 Å². The van der Waals surface area contributed by atoms with Crippen molar-refractivity contribution in [3.63, 3.8) is 0 Å². The number of halogens is 2. The maximum Gasteiger partial charge on any atom is 0.245 e. The molecule has 0 N–H and O–H groups in total. The van der Waals surface area contributed by atoms with Crippen molar-refractivity contribution in [3.05, 3.63) is 66.1 Å². The minimum absolute atomic E-state index is 0.397. The summed E-state index contributed by atoms with van der Waals surface area (Å²) in [7, 11) is 0. The molecule has 0 unspecified atom stereocenters. The lowest BCUT2D eigenvalue weighted by molar-refractivity contribution is 1.12. The molecule has 0 aliphatic heterocycles. The summed E-state index contributed by atoms with van der Waals surface area (Å²) in [6.45, 7) is 0. The molecule has 0 bridgehead atoms. The van der Waals surface area contributed by atoms with E-state index < -0.39 is 0 Å². The van der Waals surface area contributed by atoms with E-state index >= 15 is 0 Å². The van der Waals surface area contributed by atoms with Gasteiger partial charge in [0.1, 0.15) is 5.15 Å². The minimum Gasteiger partial charge on any atom is -0.245 e. The highest BCUT2D eigenvalue weighted by molar-refractivity contribution is 6.29. The van der Waals surface area contributed by atoms with Gasteiger partial charge >= 0.3 is 0 Å². The molecule has 1 aromatic carbocycles. The molecule has 3 rings (SSSR count). The molecule has 2 heterocycles. The largest absolute Gasteiger partial charge is 0.245 e. The summed E-state index contributed by atoms with van der Waals surface area (Å²) in [6.07, 6.45) is 3.29. The molecule has 0 aliphatic rings. The molecular formula is C15H10Cl2N4. The number of hydrogen-bond donors (Lipinski definition) is 0. The monoisotopic (exact) mass is 316 g/mol. The van der Waals surface area contributed by atoms with Crippen LogP contribution in [0.3, 0.4) is 0 Å². The molecule has 21 heavy (non-hydrogen) atoms. The van der Waals surface area contributed by atoms with E-state index in [1.54, 1.807) is 24.5 Å². The van der Waals surface area contributed by atoms with Crippen LogP contribution in [0, 0.1) is 0 Å². The minimum atomic E-state index is 0.397. The number of benzene rings is 1. The summed E-state index contributed by atoms with van der Waals surface area (Å²) in [6, 6.07) is 14.9. The van der Waals surface area contributed by atoms with E-state index in [9.17, 15) is 0 Å². The van der Waals surface area contributed by atoms with Crippen LogP contribution < -0.4 is 4.42 Å². The third-order valence-electron chi connectivity index (χ3n) is 2.82. The molecule has 0 spiro atoms. The van der Waals surface area contributed by atoms with E-state index in [2.05, 4.69) is 15.0 Å². The first-order chi connectivity index (χ1) is 10.2. The first-order valence-electron chi connectivity index (χ1n) is 6.20. The van der Waals surface area contributed by atoms with Crippen LogP contribution in [-0.2, 0) is 0 Å². The van der Waals surface area contributed by atoms with Crippen LogP contribution in [0.5, 0.6) is 0 Å². The molecule has 2 aromatic heterocycles. The second-order valence-corrected chi connectivity index (χ2v) is 4.95. The Morgan fingerprint density at radius 2 is 1.67 bits per heavy atom. The maximum absolute atomic E-state index is 6.29. The average molecular weight is 317 g/mol. The Bertz CT molecular complexity index is 749. The SMILES string of the molecule is Clc1cc(-c2ccnc(N(Cl)c3ccccc3)n2)ccn1. The van der Waals surface area contributed by atoms with Crippen LogP contribution >= 0.6 is 23.4 Å². The number of aromatic nitrogens is 3. The first-order valence-corrected chi connectivity index (χ1v) is 6.91. The Morgan fingerprint density at radius 3 is 2.43 bits per heavy atom. The third-order valence-corrected chi connectivity index (χ3v) is 3.38. The standard InChI is InChI=1S/C15H10Cl2N4/c16-14-10-11(6-8-18-14)13-7-9-19-15(20-13)21(17)12-4-2-1-3-5-12/h1-10H. The van der Waals surface area contributed by atoms with E-state index in [4.69, 9.17) is 23.4 Å². The summed E-state index contributed by atoms with van der Waals surface area (Å²) in [5.74, 6) is 0.397. The Morgan fingerprint density at radius 1 is 0.905 bits per heavy atom. The molecule has 3 aromatic rings. The molecular weight excluding hydrogens is 307 g/mol. The Labute approximate surface area is 132 Å². The predicted octanol–water partition coefficient (Wildman–Crippen LogP) is 4.48. The summed E-state index contributed by atoms with van der Waals surface area (Å²) in [4.78, 5) is 12.6. The molecule has 0 aliphatic carbocycles. The quantitative estimate of drug-likeness (QED) is 0.527. The van der Waals surface area contributed by atoms with Gasteiger partial charge < -0.3 is 0 Å². The lowest BCUT2D eigenvalue weighted by atomic mass is 10.2. The summed E-state index contributed by atoms with van der Waals surface area (Å²) in [5, 5.41) is 0.415. The second kappa shape index (κ2) is 6.08. The zero-order valence-corrected chi connectivity index (χ0v) is 12.3. The van der Waals surface area contributed by atoms with Crippen molar-refractivity contribution in [2.24, 2.45) is 0 Å². The Balaban J connectivity index is 1.97. The van der Waals surface area contributed by atoms with Gasteiger partial charge in [-0.3, -0.25) is 0 Å². The van der Waals surface area contributed by atoms with E-state index in [-0.39, 0.29) is 0 Å². The molecule has 0 atom stereocenters. The molecule has 0 saturated heterocycles. The number of rotatable bonds is 3. The van der Waals surface area contributed by atoms with Gasteiger partial charge in [0.2, 0.25) is 5.95 Å². The van der Waals surface area contributed by atoms with Gasteiger partial charge in [-0.2, -0.15) is 0 Å². The Hall–Kier alpha value is -2.17. The van der Waals surface area contributed by atoms with Gasteiger partial charge in [0.05, 0.1) is 11.4 Å². The highest BCUT2D eigenvalue weighted by Gasteiger charge is 2.10. The fourth-order valence-corrected chi connectivity index (χ4v) is 2.21. The van der Waals surface area contributed by atoms with Crippen molar-refractivity contribution in [1.82, 2.24) is 15.0 Å². The van der Waals surface area contributed by atoms with Crippen LogP contribution in [-0.4, -0.2) is 15.0 Å². The lowest BCUT2D eigenvalue weighted by Gasteiger charge is -2.14. The van der Waals surface area contributed by atoms with Crippen molar-refractivity contribution in [2.45, 2.75) is 0 Å². The van der Waals surface area contributed by atoms with E-state index in [1.165, 1.54) is 4.42 Å². The number of anilines is 2. The predicted molar refractivity (Wildman–Crippen MR) is 84.7 cm³/mol. The normalized spacial score (nSPS) is 10.4.